The lowest BCUT2D eigenvalue weighted by Crippen LogP contribution is -2.45. The summed E-state index contributed by atoms with van der Waals surface area (Å²) in [5.41, 5.74) is 1.01. The number of nitrogens with zero attached hydrogens (tertiary/aromatic N) is 1. The van der Waals surface area contributed by atoms with E-state index in [4.69, 9.17) is 23.2 Å². The van der Waals surface area contributed by atoms with Gasteiger partial charge in [0.25, 0.3) is 0 Å². The molecule has 0 spiro atoms. The summed E-state index contributed by atoms with van der Waals surface area (Å²) in [7, 11) is 0. The molecule has 1 aromatic rings. The largest absolute Gasteiger partial charge is 0.396 e. The zero-order valence-electron chi connectivity index (χ0n) is 10.2. The average molecular weight is 289 g/mol. The first kappa shape index (κ1) is 14.1. The van der Waals surface area contributed by atoms with Gasteiger partial charge in [0.2, 0.25) is 0 Å². The molecule has 0 aliphatic carbocycles. The maximum atomic E-state index is 9.27. The van der Waals surface area contributed by atoms with E-state index in [0.717, 1.165) is 36.8 Å². The van der Waals surface area contributed by atoms with Gasteiger partial charge in [-0.05, 0) is 30.2 Å². The molecule has 0 amide bonds. The number of benzene rings is 1. The number of nitrogens with one attached hydrogen (secondary N) is 1. The van der Waals surface area contributed by atoms with Crippen molar-refractivity contribution >= 4 is 23.2 Å². The van der Waals surface area contributed by atoms with Gasteiger partial charge in [0, 0.05) is 48.9 Å². The average Bonchev–Trinajstić information content (AvgIpc) is 2.40. The summed E-state index contributed by atoms with van der Waals surface area (Å²) in [6.07, 6.45) is 0.681. The smallest absolute Gasteiger partial charge is 0.0454 e. The van der Waals surface area contributed by atoms with Crippen LogP contribution in [0, 0.1) is 0 Å². The third-order valence-corrected chi connectivity index (χ3v) is 3.89. The lowest BCUT2D eigenvalue weighted by atomic mass is 10.0. The van der Waals surface area contributed by atoms with Gasteiger partial charge in [-0.1, -0.05) is 23.2 Å². The number of rotatable bonds is 4. The van der Waals surface area contributed by atoms with Crippen LogP contribution in [0.25, 0.3) is 0 Å². The molecule has 1 heterocycles. The van der Waals surface area contributed by atoms with Crippen molar-refractivity contribution in [2.24, 2.45) is 0 Å². The Bertz CT molecular complexity index is 395. The Morgan fingerprint density at radius 3 is 2.67 bits per heavy atom. The van der Waals surface area contributed by atoms with Crippen molar-refractivity contribution in [3.63, 3.8) is 0 Å². The summed E-state index contributed by atoms with van der Waals surface area (Å²) in [6, 6.07) is 5.67. The fourth-order valence-corrected chi connectivity index (χ4v) is 2.84. The molecule has 0 radical (unpaired) electrons. The highest BCUT2D eigenvalue weighted by atomic mass is 35.5. The summed E-state index contributed by atoms with van der Waals surface area (Å²) in [6.45, 7) is 4.03. The molecule has 1 aliphatic rings. The van der Waals surface area contributed by atoms with E-state index in [9.17, 15) is 5.11 Å². The van der Waals surface area contributed by atoms with Gasteiger partial charge in [0.05, 0.1) is 0 Å². The van der Waals surface area contributed by atoms with Gasteiger partial charge in [-0.15, -0.1) is 0 Å². The monoisotopic (exact) mass is 288 g/mol. The molecule has 1 aromatic carbocycles. The van der Waals surface area contributed by atoms with Crippen molar-refractivity contribution in [2.45, 2.75) is 12.5 Å². The third kappa shape index (κ3) is 3.37. The predicted octanol–water partition coefficient (Wildman–Crippen LogP) is 2.32. The molecule has 0 aromatic heterocycles. The Morgan fingerprint density at radius 2 is 2.00 bits per heavy atom. The number of hydrogen-bond donors (Lipinski definition) is 2. The quantitative estimate of drug-likeness (QED) is 0.893. The van der Waals surface area contributed by atoms with E-state index >= 15 is 0 Å². The highest BCUT2D eigenvalue weighted by Gasteiger charge is 2.23. The molecule has 0 saturated carbocycles. The van der Waals surface area contributed by atoms with Gasteiger partial charge >= 0.3 is 0 Å². The molecule has 1 saturated heterocycles. The molecular weight excluding hydrogens is 271 g/mol. The van der Waals surface area contributed by atoms with Crippen LogP contribution in [-0.4, -0.2) is 42.8 Å². The zero-order valence-corrected chi connectivity index (χ0v) is 11.7. The Kier molecular flexibility index (Phi) is 5.27. The molecular formula is C13H18Cl2N2O. The molecule has 1 fully saturated rings. The van der Waals surface area contributed by atoms with Crippen molar-refractivity contribution in [1.82, 2.24) is 10.2 Å². The summed E-state index contributed by atoms with van der Waals surface area (Å²) >= 11 is 12.3. The Balaban J connectivity index is 2.24. The third-order valence-electron chi connectivity index (χ3n) is 3.31. The summed E-state index contributed by atoms with van der Waals surface area (Å²) in [4.78, 5) is 2.35. The van der Waals surface area contributed by atoms with Gasteiger partial charge < -0.3 is 10.4 Å². The molecule has 5 heteroatoms. The fraction of sp³-hybridized carbons (Fsp3) is 0.538. The highest BCUT2D eigenvalue weighted by Crippen LogP contribution is 2.32. The Hall–Kier alpha value is -0.320. The summed E-state index contributed by atoms with van der Waals surface area (Å²) in [5.74, 6) is 0. The van der Waals surface area contributed by atoms with Gasteiger partial charge in [-0.2, -0.15) is 0 Å². The Labute approximate surface area is 118 Å². The second-order valence-electron chi connectivity index (χ2n) is 4.48. The van der Waals surface area contributed by atoms with Gasteiger partial charge in [0.15, 0.2) is 0 Å². The molecule has 1 atom stereocenters. The molecule has 18 heavy (non-hydrogen) atoms. The van der Waals surface area contributed by atoms with Crippen molar-refractivity contribution in [3.05, 3.63) is 33.8 Å². The minimum atomic E-state index is 0.142. The van der Waals surface area contributed by atoms with Crippen LogP contribution in [0.2, 0.25) is 10.0 Å². The first-order valence-corrected chi connectivity index (χ1v) is 6.98. The van der Waals surface area contributed by atoms with Crippen LogP contribution >= 0.6 is 23.2 Å². The van der Waals surface area contributed by atoms with Crippen LogP contribution in [0.1, 0.15) is 18.0 Å². The van der Waals surface area contributed by atoms with Crippen LogP contribution in [0.15, 0.2) is 18.2 Å². The predicted molar refractivity (Wildman–Crippen MR) is 75.3 cm³/mol. The number of hydrogen-bond acceptors (Lipinski definition) is 3. The Morgan fingerprint density at radius 1 is 1.28 bits per heavy atom. The maximum absolute atomic E-state index is 9.27. The molecule has 0 bridgehead atoms. The summed E-state index contributed by atoms with van der Waals surface area (Å²) < 4.78 is 0. The van der Waals surface area contributed by atoms with Gasteiger partial charge in [-0.25, -0.2) is 0 Å². The van der Waals surface area contributed by atoms with E-state index in [0.29, 0.717) is 11.4 Å². The molecule has 100 valence electrons. The lowest BCUT2D eigenvalue weighted by Gasteiger charge is -2.35. The summed E-state index contributed by atoms with van der Waals surface area (Å²) in [5, 5.41) is 14.0. The van der Waals surface area contributed by atoms with E-state index in [1.807, 2.05) is 12.1 Å². The van der Waals surface area contributed by atoms with Crippen molar-refractivity contribution in [1.29, 1.82) is 0 Å². The van der Waals surface area contributed by atoms with Crippen LogP contribution in [-0.2, 0) is 0 Å². The topological polar surface area (TPSA) is 35.5 Å². The lowest BCUT2D eigenvalue weighted by molar-refractivity contribution is 0.141. The highest BCUT2D eigenvalue weighted by molar-refractivity contribution is 6.33. The van der Waals surface area contributed by atoms with Crippen molar-refractivity contribution in [3.8, 4) is 0 Å². The SMILES string of the molecule is OCC[C@H](c1cc(Cl)ccc1Cl)N1CCNCC1. The van der Waals surface area contributed by atoms with E-state index in [2.05, 4.69) is 10.2 Å². The van der Waals surface area contributed by atoms with E-state index < -0.39 is 0 Å². The molecule has 1 aliphatic heterocycles. The van der Waals surface area contributed by atoms with Crippen LogP contribution in [0.5, 0.6) is 0 Å². The van der Waals surface area contributed by atoms with Crippen LogP contribution in [0.3, 0.4) is 0 Å². The normalized spacial score (nSPS) is 18.8. The standard InChI is InChI=1S/C13H18Cl2N2O/c14-10-1-2-12(15)11(9-10)13(3-8-18)17-6-4-16-5-7-17/h1-2,9,13,16,18H,3-8H2/t13-/m1/s1. The minimum Gasteiger partial charge on any atom is -0.396 e. The molecule has 2 rings (SSSR count). The molecule has 2 N–H and O–H groups in total. The number of piperazine rings is 1. The van der Waals surface area contributed by atoms with Gasteiger partial charge in [0.1, 0.15) is 0 Å². The van der Waals surface area contributed by atoms with Crippen molar-refractivity contribution < 1.29 is 5.11 Å². The fourth-order valence-electron chi connectivity index (χ4n) is 2.42. The van der Waals surface area contributed by atoms with Gasteiger partial charge in [-0.3, -0.25) is 4.90 Å². The maximum Gasteiger partial charge on any atom is 0.0454 e. The van der Waals surface area contributed by atoms with E-state index in [1.54, 1.807) is 6.07 Å². The zero-order chi connectivity index (χ0) is 13.0. The van der Waals surface area contributed by atoms with Crippen LogP contribution < -0.4 is 5.32 Å². The number of aliphatic hydroxyl groups excluding tert-OH is 1. The van der Waals surface area contributed by atoms with Crippen molar-refractivity contribution in [2.75, 3.05) is 32.8 Å². The number of aliphatic hydroxyl groups is 1. The second-order valence-corrected chi connectivity index (χ2v) is 5.32. The molecule has 3 nitrogen and oxygen atoms in total. The first-order valence-electron chi connectivity index (χ1n) is 6.23. The van der Waals surface area contributed by atoms with E-state index in [-0.39, 0.29) is 12.6 Å². The first-order chi connectivity index (χ1) is 8.72. The number of halogens is 2. The minimum absolute atomic E-state index is 0.142. The second kappa shape index (κ2) is 6.73. The molecule has 0 unspecified atom stereocenters. The van der Waals surface area contributed by atoms with Crippen LogP contribution in [0.4, 0.5) is 0 Å². The van der Waals surface area contributed by atoms with E-state index in [1.165, 1.54) is 0 Å².